The number of ketones is 1. The lowest BCUT2D eigenvalue weighted by Crippen LogP contribution is -2.54. The molecule has 7 atom stereocenters. The van der Waals surface area contributed by atoms with Crippen LogP contribution in [-0.4, -0.2) is 28.1 Å². The number of aliphatic carboxylic acids is 1. The summed E-state index contributed by atoms with van der Waals surface area (Å²) in [4.78, 5) is 26.0. The highest BCUT2D eigenvalue weighted by Gasteiger charge is 2.66. The molecule has 0 spiro atoms. The van der Waals surface area contributed by atoms with Crippen LogP contribution in [0.2, 0.25) is 0 Å². The normalized spacial score (nSPS) is 41.4. The molecule has 0 bridgehead atoms. The van der Waals surface area contributed by atoms with Crippen LogP contribution in [-0.2, 0) is 9.59 Å². The molecule has 4 rings (SSSR count). The average Bonchev–Trinajstić information content (AvgIpc) is 2.94. The molecule has 0 heterocycles. The van der Waals surface area contributed by atoms with Gasteiger partial charge in [-0.15, -0.1) is 0 Å². The number of carboxylic acid groups (broad SMARTS) is 1. The highest BCUT2D eigenvalue weighted by atomic mass is 16.4. The number of carboxylic acids is 1. The van der Waals surface area contributed by atoms with E-state index in [1.165, 1.54) is 16.7 Å². The zero-order valence-corrected chi connectivity index (χ0v) is 22.2. The Labute approximate surface area is 205 Å². The summed E-state index contributed by atoms with van der Waals surface area (Å²) in [6.45, 7) is 15.2. The summed E-state index contributed by atoms with van der Waals surface area (Å²) >= 11 is 0. The van der Waals surface area contributed by atoms with Crippen molar-refractivity contribution in [1.82, 2.24) is 0 Å². The number of carbonyl (C=O) groups excluding carboxylic acids is 1. The lowest BCUT2D eigenvalue weighted by atomic mass is 9.44. The first-order valence-corrected chi connectivity index (χ1v) is 13.2. The summed E-state index contributed by atoms with van der Waals surface area (Å²) < 4.78 is 0. The van der Waals surface area contributed by atoms with E-state index in [2.05, 4.69) is 52.8 Å². The Morgan fingerprint density at radius 3 is 2.44 bits per heavy atom. The van der Waals surface area contributed by atoms with Gasteiger partial charge < -0.3 is 10.2 Å². The molecule has 0 aromatic carbocycles. The summed E-state index contributed by atoms with van der Waals surface area (Å²) in [5, 5.41) is 21.0. The van der Waals surface area contributed by atoms with Crippen molar-refractivity contribution in [2.75, 3.05) is 0 Å². The van der Waals surface area contributed by atoms with E-state index in [1.54, 1.807) is 0 Å². The zero-order chi connectivity index (χ0) is 25.3. The second-order valence-electron chi connectivity index (χ2n) is 13.2. The van der Waals surface area contributed by atoms with Gasteiger partial charge in [0.25, 0.3) is 0 Å². The average molecular weight is 469 g/mol. The Kier molecular flexibility index (Phi) is 6.12. The Bertz CT molecular complexity index is 980. The van der Waals surface area contributed by atoms with Crippen LogP contribution in [0.4, 0.5) is 0 Å². The van der Waals surface area contributed by atoms with E-state index in [9.17, 15) is 19.8 Å². The molecule has 188 valence electrons. The molecule has 4 heteroatoms. The molecule has 2 N–H and O–H groups in total. The number of carbonyl (C=O) groups is 2. The molecule has 2 fully saturated rings. The Balaban J connectivity index is 1.75. The number of fused-ring (bicyclic) bond motifs is 5. The van der Waals surface area contributed by atoms with Gasteiger partial charge in [0.15, 0.2) is 0 Å². The van der Waals surface area contributed by atoms with Crippen molar-refractivity contribution in [3.05, 3.63) is 34.9 Å². The fourth-order valence-corrected chi connectivity index (χ4v) is 8.52. The zero-order valence-electron chi connectivity index (χ0n) is 22.2. The van der Waals surface area contributed by atoms with Crippen molar-refractivity contribution in [2.45, 2.75) is 99.5 Å². The molecule has 0 radical (unpaired) electrons. The number of Topliss-reactive ketones (excluding diaryl/α,β-unsaturated/α-hetero) is 1. The van der Waals surface area contributed by atoms with Crippen LogP contribution in [0.5, 0.6) is 0 Å². The molecule has 4 aliphatic rings. The molecule has 0 amide bonds. The summed E-state index contributed by atoms with van der Waals surface area (Å²) in [6.07, 6.45) is 11.5. The van der Waals surface area contributed by atoms with Gasteiger partial charge in [0, 0.05) is 17.8 Å². The molecule has 7 unspecified atom stereocenters. The maximum atomic E-state index is 13.6. The summed E-state index contributed by atoms with van der Waals surface area (Å²) in [5.41, 5.74) is 2.90. The first kappa shape index (κ1) is 25.4. The first-order chi connectivity index (χ1) is 15.7. The first-order valence-electron chi connectivity index (χ1n) is 13.2. The molecule has 34 heavy (non-hydrogen) atoms. The lowest BCUT2D eigenvalue weighted by Gasteiger charge is -2.60. The van der Waals surface area contributed by atoms with Gasteiger partial charge in [0.05, 0.1) is 12.0 Å². The largest absolute Gasteiger partial charge is 0.481 e. The van der Waals surface area contributed by atoms with E-state index < -0.39 is 23.2 Å². The van der Waals surface area contributed by atoms with E-state index in [0.29, 0.717) is 25.2 Å². The van der Waals surface area contributed by atoms with E-state index in [-0.39, 0.29) is 28.1 Å². The van der Waals surface area contributed by atoms with Gasteiger partial charge in [-0.25, -0.2) is 0 Å². The molecule has 0 aromatic heterocycles. The van der Waals surface area contributed by atoms with Crippen molar-refractivity contribution in [3.63, 3.8) is 0 Å². The number of hydrogen-bond donors (Lipinski definition) is 2. The number of aliphatic hydroxyl groups excluding tert-OH is 1. The summed E-state index contributed by atoms with van der Waals surface area (Å²) in [5.74, 6) is -1.48. The monoisotopic (exact) mass is 468 g/mol. The molecule has 0 saturated heterocycles. The van der Waals surface area contributed by atoms with Gasteiger partial charge in [-0.05, 0) is 85.7 Å². The predicted molar refractivity (Wildman–Crippen MR) is 135 cm³/mol. The number of hydrogen-bond acceptors (Lipinski definition) is 3. The Morgan fingerprint density at radius 1 is 1.15 bits per heavy atom. The van der Waals surface area contributed by atoms with Gasteiger partial charge in [-0.1, -0.05) is 58.4 Å². The van der Waals surface area contributed by atoms with Crippen LogP contribution in [0.3, 0.4) is 0 Å². The molecule has 0 aromatic rings. The third-order valence-electron chi connectivity index (χ3n) is 10.8. The number of allylic oxidation sites excluding steroid dienone is 6. The third-order valence-corrected chi connectivity index (χ3v) is 10.8. The van der Waals surface area contributed by atoms with Crippen LogP contribution in [0.1, 0.15) is 93.4 Å². The fraction of sp³-hybridized carbons (Fsp3) is 0.733. The molecular formula is C30H44O4. The van der Waals surface area contributed by atoms with Gasteiger partial charge in [-0.2, -0.15) is 0 Å². The number of aliphatic hydroxyl groups is 1. The van der Waals surface area contributed by atoms with Crippen molar-refractivity contribution < 1.29 is 19.8 Å². The highest BCUT2D eigenvalue weighted by Crippen LogP contribution is 2.71. The SMILES string of the molecule is CC(C)=CCCC(C(=O)O)C1C(=O)CC2(C)C3=CCC4C(C)(CCC(O)C4(C)C)C3=CCC12C. The molecule has 2 saturated carbocycles. The summed E-state index contributed by atoms with van der Waals surface area (Å²) in [6, 6.07) is 0. The second-order valence-corrected chi connectivity index (χ2v) is 13.2. The Hall–Kier alpha value is -1.68. The van der Waals surface area contributed by atoms with Crippen LogP contribution in [0.25, 0.3) is 0 Å². The van der Waals surface area contributed by atoms with Crippen molar-refractivity contribution in [1.29, 1.82) is 0 Å². The van der Waals surface area contributed by atoms with Crippen LogP contribution in [0, 0.1) is 39.4 Å². The van der Waals surface area contributed by atoms with E-state index >= 15 is 0 Å². The Morgan fingerprint density at radius 2 is 1.82 bits per heavy atom. The minimum Gasteiger partial charge on any atom is -0.481 e. The lowest BCUT2D eigenvalue weighted by molar-refractivity contribution is -0.149. The van der Waals surface area contributed by atoms with Crippen LogP contribution < -0.4 is 0 Å². The smallest absolute Gasteiger partial charge is 0.307 e. The number of rotatable bonds is 5. The third kappa shape index (κ3) is 3.42. The minimum absolute atomic E-state index is 0.0199. The van der Waals surface area contributed by atoms with Gasteiger partial charge in [0.1, 0.15) is 5.78 Å². The van der Waals surface area contributed by atoms with Crippen LogP contribution >= 0.6 is 0 Å². The standard InChI is InChI=1S/C30H44O4/c1-18(2)9-8-10-19(26(33)34)25-22(31)17-30(7)21-11-12-23-27(3,4)24(32)14-15-28(23,5)20(21)13-16-29(25,30)6/h9,11,13,19,23-25,32H,8,10,12,14-17H2,1-7H3,(H,33,34). The van der Waals surface area contributed by atoms with E-state index in [4.69, 9.17) is 0 Å². The fourth-order valence-electron chi connectivity index (χ4n) is 8.52. The highest BCUT2D eigenvalue weighted by molar-refractivity contribution is 5.91. The van der Waals surface area contributed by atoms with Crippen molar-refractivity contribution in [2.24, 2.45) is 39.4 Å². The molecule has 0 aliphatic heterocycles. The second kappa shape index (κ2) is 8.18. The minimum atomic E-state index is -0.839. The van der Waals surface area contributed by atoms with Gasteiger partial charge in [0.2, 0.25) is 0 Å². The molecule has 4 nitrogen and oxygen atoms in total. The van der Waals surface area contributed by atoms with Gasteiger partial charge >= 0.3 is 5.97 Å². The topological polar surface area (TPSA) is 74.6 Å². The van der Waals surface area contributed by atoms with E-state index in [0.717, 1.165) is 25.7 Å². The maximum Gasteiger partial charge on any atom is 0.307 e. The van der Waals surface area contributed by atoms with Crippen molar-refractivity contribution >= 4 is 11.8 Å². The predicted octanol–water partition coefficient (Wildman–Crippen LogP) is 6.50. The maximum absolute atomic E-state index is 13.6. The molecular weight excluding hydrogens is 424 g/mol. The molecule has 4 aliphatic carbocycles. The van der Waals surface area contributed by atoms with Crippen molar-refractivity contribution in [3.8, 4) is 0 Å². The van der Waals surface area contributed by atoms with Crippen LogP contribution in [0.15, 0.2) is 34.9 Å². The summed E-state index contributed by atoms with van der Waals surface area (Å²) in [7, 11) is 0. The van der Waals surface area contributed by atoms with Gasteiger partial charge in [-0.3, -0.25) is 9.59 Å². The quantitative estimate of drug-likeness (QED) is 0.452. The van der Waals surface area contributed by atoms with E-state index in [1.807, 2.05) is 13.8 Å².